The zero-order valence-corrected chi connectivity index (χ0v) is 10.9. The van der Waals surface area contributed by atoms with Crippen molar-refractivity contribution in [3.63, 3.8) is 0 Å². The van der Waals surface area contributed by atoms with Crippen LogP contribution in [-0.2, 0) is 0 Å². The molecule has 2 rings (SSSR count). The normalized spacial score (nSPS) is 19.9. The van der Waals surface area contributed by atoms with Crippen molar-refractivity contribution in [2.45, 2.75) is 38.6 Å². The van der Waals surface area contributed by atoms with Crippen molar-refractivity contribution in [1.82, 2.24) is 4.90 Å². The van der Waals surface area contributed by atoms with Gasteiger partial charge in [-0.05, 0) is 38.4 Å². The van der Waals surface area contributed by atoms with Gasteiger partial charge >= 0.3 is 0 Å². The number of benzene rings is 1. The van der Waals surface area contributed by atoms with E-state index in [0.29, 0.717) is 6.04 Å². The molecule has 1 aromatic carbocycles. The first-order chi connectivity index (χ1) is 8.31. The lowest BCUT2D eigenvalue weighted by Gasteiger charge is -2.30. The van der Waals surface area contributed by atoms with Gasteiger partial charge in [-0.2, -0.15) is 0 Å². The van der Waals surface area contributed by atoms with E-state index in [0.717, 1.165) is 6.54 Å². The fourth-order valence-corrected chi connectivity index (χ4v) is 2.69. The molecule has 0 aliphatic carbocycles. The van der Waals surface area contributed by atoms with Crippen molar-refractivity contribution >= 4 is 0 Å². The van der Waals surface area contributed by atoms with Gasteiger partial charge in [-0.25, -0.2) is 0 Å². The number of rotatable bonds is 3. The predicted octanol–water partition coefficient (Wildman–Crippen LogP) is 2.87. The summed E-state index contributed by atoms with van der Waals surface area (Å²) in [6.07, 6.45) is 5.40. The lowest BCUT2D eigenvalue weighted by molar-refractivity contribution is 0.210. The van der Waals surface area contributed by atoms with Crippen LogP contribution in [0.5, 0.6) is 0 Å². The van der Waals surface area contributed by atoms with E-state index in [1.54, 1.807) is 0 Å². The largest absolute Gasteiger partial charge is 0.329 e. The van der Waals surface area contributed by atoms with Gasteiger partial charge in [0.05, 0.1) is 0 Å². The smallest absolute Gasteiger partial charge is 0.0470 e. The van der Waals surface area contributed by atoms with Crippen LogP contribution in [0.1, 0.15) is 42.9 Å². The molecule has 1 aliphatic rings. The number of hydrogen-bond acceptors (Lipinski definition) is 2. The van der Waals surface area contributed by atoms with Crippen molar-refractivity contribution in [2.24, 2.45) is 5.73 Å². The summed E-state index contributed by atoms with van der Waals surface area (Å²) in [7, 11) is 0. The van der Waals surface area contributed by atoms with Gasteiger partial charge in [0.15, 0.2) is 0 Å². The van der Waals surface area contributed by atoms with Gasteiger partial charge in [0.25, 0.3) is 0 Å². The van der Waals surface area contributed by atoms with E-state index in [1.165, 1.54) is 49.9 Å². The van der Waals surface area contributed by atoms with Crippen molar-refractivity contribution in [2.75, 3.05) is 19.6 Å². The minimum Gasteiger partial charge on any atom is -0.329 e. The van der Waals surface area contributed by atoms with E-state index in [-0.39, 0.29) is 0 Å². The molecule has 0 unspecified atom stereocenters. The maximum Gasteiger partial charge on any atom is 0.0470 e. The van der Waals surface area contributed by atoms with Crippen LogP contribution in [0.3, 0.4) is 0 Å². The van der Waals surface area contributed by atoms with Crippen molar-refractivity contribution in [3.05, 3.63) is 35.4 Å². The van der Waals surface area contributed by atoms with Crippen molar-refractivity contribution in [3.8, 4) is 0 Å². The topological polar surface area (TPSA) is 29.3 Å². The number of aryl methyl sites for hydroxylation is 1. The average Bonchev–Trinajstić information content (AvgIpc) is 2.62. The molecular weight excluding hydrogens is 208 g/mol. The van der Waals surface area contributed by atoms with E-state index in [2.05, 4.69) is 36.1 Å². The van der Waals surface area contributed by atoms with E-state index in [4.69, 9.17) is 5.73 Å². The van der Waals surface area contributed by atoms with Crippen molar-refractivity contribution in [1.29, 1.82) is 0 Å². The van der Waals surface area contributed by atoms with Crippen LogP contribution in [0, 0.1) is 6.92 Å². The van der Waals surface area contributed by atoms with Crippen molar-refractivity contribution < 1.29 is 0 Å². The third-order valence-electron chi connectivity index (χ3n) is 3.77. The summed E-state index contributed by atoms with van der Waals surface area (Å²) in [6.45, 7) is 5.27. The molecule has 0 spiro atoms. The van der Waals surface area contributed by atoms with Crippen LogP contribution >= 0.6 is 0 Å². The molecule has 0 bridgehead atoms. The zero-order valence-electron chi connectivity index (χ0n) is 10.9. The quantitative estimate of drug-likeness (QED) is 0.868. The van der Waals surface area contributed by atoms with Gasteiger partial charge in [-0.15, -0.1) is 0 Å². The van der Waals surface area contributed by atoms with E-state index in [9.17, 15) is 0 Å². The van der Waals surface area contributed by atoms with Gasteiger partial charge < -0.3 is 5.73 Å². The van der Waals surface area contributed by atoms with E-state index < -0.39 is 0 Å². The van der Waals surface area contributed by atoms with Crippen LogP contribution in [0.2, 0.25) is 0 Å². The van der Waals surface area contributed by atoms with Gasteiger partial charge in [0.1, 0.15) is 0 Å². The molecule has 1 saturated heterocycles. The minimum atomic E-state index is 0.411. The van der Waals surface area contributed by atoms with Gasteiger partial charge in [0, 0.05) is 12.6 Å². The minimum absolute atomic E-state index is 0.411. The second-order valence-corrected chi connectivity index (χ2v) is 5.11. The highest BCUT2D eigenvalue weighted by Crippen LogP contribution is 2.23. The van der Waals surface area contributed by atoms with Crippen LogP contribution in [0.25, 0.3) is 0 Å². The molecule has 0 aromatic heterocycles. The molecule has 1 atom stereocenters. The molecule has 2 nitrogen and oxygen atoms in total. The third-order valence-corrected chi connectivity index (χ3v) is 3.77. The third kappa shape index (κ3) is 3.30. The standard InChI is InChI=1S/C15H24N2/c1-13-6-8-14(9-7-13)15(12-16)17-10-4-2-3-5-11-17/h6-9,15H,2-5,10-12,16H2,1H3/t15-/m0/s1. The Balaban J connectivity index is 2.11. The first-order valence-electron chi connectivity index (χ1n) is 6.82. The number of likely N-dealkylation sites (tertiary alicyclic amines) is 1. The Labute approximate surface area is 105 Å². The Morgan fingerprint density at radius 3 is 2.18 bits per heavy atom. The Morgan fingerprint density at radius 1 is 1.06 bits per heavy atom. The Bertz CT molecular complexity index is 323. The molecular formula is C15H24N2. The Hall–Kier alpha value is -0.860. The lowest BCUT2D eigenvalue weighted by Crippen LogP contribution is -2.34. The summed E-state index contributed by atoms with van der Waals surface area (Å²) in [5.41, 5.74) is 8.68. The van der Waals surface area contributed by atoms with E-state index in [1.807, 2.05) is 0 Å². The second kappa shape index (κ2) is 6.18. The van der Waals surface area contributed by atoms with Gasteiger partial charge in [-0.1, -0.05) is 42.7 Å². The lowest BCUT2D eigenvalue weighted by atomic mass is 10.0. The molecule has 1 aliphatic heterocycles. The van der Waals surface area contributed by atoms with Crippen LogP contribution in [-0.4, -0.2) is 24.5 Å². The molecule has 1 fully saturated rings. The predicted molar refractivity (Wildman–Crippen MR) is 73.0 cm³/mol. The summed E-state index contributed by atoms with van der Waals surface area (Å²) in [5.74, 6) is 0. The van der Waals surface area contributed by atoms with Crippen LogP contribution < -0.4 is 5.73 Å². The summed E-state index contributed by atoms with van der Waals surface area (Å²) in [5, 5.41) is 0. The highest BCUT2D eigenvalue weighted by atomic mass is 15.2. The first-order valence-corrected chi connectivity index (χ1v) is 6.82. The Morgan fingerprint density at radius 2 is 1.65 bits per heavy atom. The molecule has 94 valence electrons. The molecule has 2 N–H and O–H groups in total. The van der Waals surface area contributed by atoms with Gasteiger partial charge in [-0.3, -0.25) is 4.90 Å². The fraction of sp³-hybridized carbons (Fsp3) is 0.600. The highest BCUT2D eigenvalue weighted by Gasteiger charge is 2.19. The number of nitrogens with two attached hydrogens (primary N) is 1. The molecule has 0 radical (unpaired) electrons. The molecule has 2 heteroatoms. The SMILES string of the molecule is Cc1ccc([C@H](CN)N2CCCCCC2)cc1. The molecule has 17 heavy (non-hydrogen) atoms. The number of nitrogens with zero attached hydrogens (tertiary/aromatic N) is 1. The second-order valence-electron chi connectivity index (χ2n) is 5.11. The summed E-state index contributed by atoms with van der Waals surface area (Å²) in [4.78, 5) is 2.57. The Kier molecular flexibility index (Phi) is 4.57. The van der Waals surface area contributed by atoms with Gasteiger partial charge in [0.2, 0.25) is 0 Å². The number of hydrogen-bond donors (Lipinski definition) is 1. The molecule has 0 amide bonds. The summed E-state index contributed by atoms with van der Waals surface area (Å²) >= 11 is 0. The zero-order chi connectivity index (χ0) is 12.1. The van der Waals surface area contributed by atoms with Crippen LogP contribution in [0.15, 0.2) is 24.3 Å². The molecule has 1 aromatic rings. The summed E-state index contributed by atoms with van der Waals surface area (Å²) < 4.78 is 0. The average molecular weight is 232 g/mol. The van der Waals surface area contributed by atoms with E-state index >= 15 is 0 Å². The summed E-state index contributed by atoms with van der Waals surface area (Å²) in [6, 6.07) is 9.26. The fourth-order valence-electron chi connectivity index (χ4n) is 2.69. The highest BCUT2D eigenvalue weighted by molar-refractivity contribution is 5.24. The molecule has 0 saturated carbocycles. The molecule has 1 heterocycles. The maximum atomic E-state index is 5.98. The first kappa shape index (κ1) is 12.6. The maximum absolute atomic E-state index is 5.98. The monoisotopic (exact) mass is 232 g/mol. The van der Waals surface area contributed by atoms with Crippen LogP contribution in [0.4, 0.5) is 0 Å².